The largest absolute Gasteiger partial charge is 0.493 e. The van der Waals surface area contributed by atoms with E-state index in [0.717, 1.165) is 35.2 Å². The van der Waals surface area contributed by atoms with E-state index in [0.29, 0.717) is 30.3 Å². The predicted molar refractivity (Wildman–Crippen MR) is 128 cm³/mol. The number of carbonyl (C=O) groups excluding carboxylic acids is 1. The number of hydrogen-bond acceptors (Lipinski definition) is 5. The standard InChI is InChI=1S/C27H26N4O3/c1-33-25-10-7-20(15-26(25)34-18-19-11-13-28-14-12-19)17-31(22-8-9-22)27(32)24-16-23(29-30-24)21-5-3-2-4-6-21/h2-7,10-16,22H,8-9,17-18H2,1H3,(H,29,30). The number of amides is 1. The molecule has 1 N–H and O–H groups in total. The fourth-order valence-corrected chi connectivity index (χ4v) is 3.86. The summed E-state index contributed by atoms with van der Waals surface area (Å²) in [5.41, 5.74) is 4.23. The fourth-order valence-electron chi connectivity index (χ4n) is 3.86. The first-order valence-electron chi connectivity index (χ1n) is 11.3. The number of aromatic amines is 1. The molecule has 0 unspecified atom stereocenters. The van der Waals surface area contributed by atoms with Crippen molar-refractivity contribution in [3.05, 3.63) is 95.9 Å². The number of aromatic nitrogens is 3. The second kappa shape index (κ2) is 9.79. The lowest BCUT2D eigenvalue weighted by atomic mass is 10.1. The molecule has 2 aromatic carbocycles. The van der Waals surface area contributed by atoms with Crippen molar-refractivity contribution in [1.29, 1.82) is 0 Å². The van der Waals surface area contributed by atoms with Crippen LogP contribution < -0.4 is 9.47 Å². The Hall–Kier alpha value is -4.13. The summed E-state index contributed by atoms with van der Waals surface area (Å²) in [4.78, 5) is 19.3. The molecule has 34 heavy (non-hydrogen) atoms. The van der Waals surface area contributed by atoms with E-state index in [1.807, 2.05) is 71.6 Å². The van der Waals surface area contributed by atoms with Gasteiger partial charge in [0.2, 0.25) is 0 Å². The van der Waals surface area contributed by atoms with Crippen LogP contribution in [0.25, 0.3) is 11.3 Å². The minimum atomic E-state index is -0.0488. The first-order valence-corrected chi connectivity index (χ1v) is 11.3. The summed E-state index contributed by atoms with van der Waals surface area (Å²) in [6.07, 6.45) is 5.49. The number of methoxy groups -OCH3 is 1. The third kappa shape index (κ3) is 4.93. The second-order valence-corrected chi connectivity index (χ2v) is 8.33. The Bertz CT molecular complexity index is 1250. The third-order valence-corrected chi connectivity index (χ3v) is 5.85. The van der Waals surface area contributed by atoms with Crippen LogP contribution in [0.2, 0.25) is 0 Å². The highest BCUT2D eigenvalue weighted by atomic mass is 16.5. The summed E-state index contributed by atoms with van der Waals surface area (Å²) in [6, 6.07) is 21.5. The van der Waals surface area contributed by atoms with Gasteiger partial charge in [0, 0.05) is 30.5 Å². The highest BCUT2D eigenvalue weighted by molar-refractivity contribution is 5.93. The van der Waals surface area contributed by atoms with Gasteiger partial charge in [-0.2, -0.15) is 5.10 Å². The van der Waals surface area contributed by atoms with E-state index in [2.05, 4.69) is 15.2 Å². The Kier molecular flexibility index (Phi) is 6.25. The van der Waals surface area contributed by atoms with Gasteiger partial charge in [-0.25, -0.2) is 0 Å². The van der Waals surface area contributed by atoms with Gasteiger partial charge in [-0.1, -0.05) is 36.4 Å². The van der Waals surface area contributed by atoms with E-state index in [9.17, 15) is 4.79 Å². The van der Waals surface area contributed by atoms with Crippen molar-refractivity contribution < 1.29 is 14.3 Å². The van der Waals surface area contributed by atoms with Gasteiger partial charge in [0.05, 0.1) is 12.8 Å². The number of ether oxygens (including phenoxy) is 2. The number of nitrogens with zero attached hydrogens (tertiary/aromatic N) is 3. The number of H-pyrrole nitrogens is 1. The maximum absolute atomic E-state index is 13.4. The van der Waals surface area contributed by atoms with E-state index >= 15 is 0 Å². The van der Waals surface area contributed by atoms with Crippen molar-refractivity contribution in [2.75, 3.05) is 7.11 Å². The lowest BCUT2D eigenvalue weighted by Crippen LogP contribution is -2.32. The van der Waals surface area contributed by atoms with Crippen LogP contribution in [0.15, 0.2) is 79.1 Å². The molecule has 1 aliphatic carbocycles. The molecule has 7 heteroatoms. The zero-order chi connectivity index (χ0) is 23.3. The number of hydrogen-bond donors (Lipinski definition) is 1. The Morgan fingerprint density at radius 2 is 1.79 bits per heavy atom. The molecule has 1 amide bonds. The number of carbonyl (C=O) groups is 1. The van der Waals surface area contributed by atoms with Crippen LogP contribution >= 0.6 is 0 Å². The quantitative estimate of drug-likeness (QED) is 0.391. The van der Waals surface area contributed by atoms with Crippen LogP contribution in [-0.4, -0.2) is 39.1 Å². The molecular formula is C27H26N4O3. The summed E-state index contributed by atoms with van der Waals surface area (Å²) in [5.74, 6) is 1.25. The molecule has 2 heterocycles. The summed E-state index contributed by atoms with van der Waals surface area (Å²) in [7, 11) is 1.62. The van der Waals surface area contributed by atoms with E-state index in [1.165, 1.54) is 0 Å². The Morgan fingerprint density at radius 3 is 2.53 bits per heavy atom. The van der Waals surface area contributed by atoms with Gasteiger partial charge in [-0.3, -0.25) is 14.9 Å². The molecular weight excluding hydrogens is 428 g/mol. The smallest absolute Gasteiger partial charge is 0.272 e. The van der Waals surface area contributed by atoms with Gasteiger partial charge in [0.1, 0.15) is 12.3 Å². The normalized spacial score (nSPS) is 12.9. The highest BCUT2D eigenvalue weighted by Crippen LogP contribution is 2.33. The summed E-state index contributed by atoms with van der Waals surface area (Å²) in [6.45, 7) is 0.892. The minimum Gasteiger partial charge on any atom is -0.493 e. The lowest BCUT2D eigenvalue weighted by Gasteiger charge is -2.22. The van der Waals surface area contributed by atoms with Crippen molar-refractivity contribution in [3.8, 4) is 22.8 Å². The predicted octanol–water partition coefficient (Wildman–Crippen LogP) is 4.86. The maximum atomic E-state index is 13.4. The zero-order valence-electron chi connectivity index (χ0n) is 19.0. The number of nitrogens with one attached hydrogen (secondary N) is 1. The summed E-state index contributed by atoms with van der Waals surface area (Å²) in [5, 5.41) is 7.28. The topological polar surface area (TPSA) is 80.3 Å². The molecule has 2 aromatic heterocycles. The molecule has 0 aliphatic heterocycles. The van der Waals surface area contributed by atoms with Gasteiger partial charge in [0.25, 0.3) is 5.91 Å². The first kappa shape index (κ1) is 21.7. The van der Waals surface area contributed by atoms with E-state index < -0.39 is 0 Å². The third-order valence-electron chi connectivity index (χ3n) is 5.85. The van der Waals surface area contributed by atoms with Gasteiger partial charge >= 0.3 is 0 Å². The number of rotatable bonds is 9. The SMILES string of the molecule is COc1ccc(CN(C(=O)c2cc(-c3ccccc3)n[nH]2)C2CC2)cc1OCc1ccncc1. The van der Waals surface area contributed by atoms with Crippen LogP contribution in [-0.2, 0) is 13.2 Å². The zero-order valence-corrected chi connectivity index (χ0v) is 19.0. The van der Waals surface area contributed by atoms with Crippen LogP contribution in [0.4, 0.5) is 0 Å². The molecule has 0 saturated heterocycles. The van der Waals surface area contributed by atoms with Gasteiger partial charge in [-0.15, -0.1) is 0 Å². The van der Waals surface area contributed by atoms with Gasteiger partial charge in [-0.05, 0) is 54.3 Å². The van der Waals surface area contributed by atoms with Crippen molar-refractivity contribution in [2.24, 2.45) is 0 Å². The van der Waals surface area contributed by atoms with E-state index in [4.69, 9.17) is 9.47 Å². The molecule has 1 aliphatic rings. The van der Waals surface area contributed by atoms with Crippen molar-refractivity contribution in [1.82, 2.24) is 20.1 Å². The monoisotopic (exact) mass is 454 g/mol. The fraction of sp³-hybridized carbons (Fsp3) is 0.222. The van der Waals surface area contributed by atoms with Crippen LogP contribution in [0, 0.1) is 0 Å². The molecule has 0 bridgehead atoms. The summed E-state index contributed by atoms with van der Waals surface area (Å²) < 4.78 is 11.5. The van der Waals surface area contributed by atoms with Crippen LogP contribution in [0.5, 0.6) is 11.5 Å². The summed E-state index contributed by atoms with van der Waals surface area (Å²) >= 11 is 0. The van der Waals surface area contributed by atoms with Crippen molar-refractivity contribution in [3.63, 3.8) is 0 Å². The molecule has 0 spiro atoms. The molecule has 0 radical (unpaired) electrons. The molecule has 5 rings (SSSR count). The van der Waals surface area contributed by atoms with Gasteiger partial charge < -0.3 is 14.4 Å². The first-order chi connectivity index (χ1) is 16.7. The minimum absolute atomic E-state index is 0.0488. The lowest BCUT2D eigenvalue weighted by molar-refractivity contribution is 0.0723. The average molecular weight is 455 g/mol. The van der Waals surface area contributed by atoms with Crippen LogP contribution in [0.1, 0.15) is 34.5 Å². The Balaban J connectivity index is 1.33. The van der Waals surface area contributed by atoms with Crippen molar-refractivity contribution >= 4 is 5.91 Å². The Morgan fingerprint density at radius 1 is 1.00 bits per heavy atom. The van der Waals surface area contributed by atoms with Crippen molar-refractivity contribution in [2.45, 2.75) is 32.0 Å². The molecule has 1 fully saturated rings. The molecule has 0 atom stereocenters. The second-order valence-electron chi connectivity index (χ2n) is 8.33. The molecule has 7 nitrogen and oxygen atoms in total. The molecule has 172 valence electrons. The number of benzene rings is 2. The van der Waals surface area contributed by atoms with Crippen LogP contribution in [0.3, 0.4) is 0 Å². The maximum Gasteiger partial charge on any atom is 0.272 e. The van der Waals surface area contributed by atoms with Gasteiger partial charge in [0.15, 0.2) is 11.5 Å². The number of pyridine rings is 1. The van der Waals surface area contributed by atoms with E-state index in [-0.39, 0.29) is 11.9 Å². The highest BCUT2D eigenvalue weighted by Gasteiger charge is 2.34. The Labute approximate surface area is 198 Å². The molecule has 4 aromatic rings. The molecule has 1 saturated carbocycles. The van der Waals surface area contributed by atoms with E-state index in [1.54, 1.807) is 19.5 Å². The average Bonchev–Trinajstić information content (AvgIpc) is 3.61.